The molecule has 0 bridgehead atoms. The number of hydrogen-bond donors (Lipinski definition) is 0. The number of carbonyl (C=O) groups excluding carboxylic acids is 1. The molecule has 25 heavy (non-hydrogen) atoms. The van der Waals surface area contributed by atoms with E-state index in [4.69, 9.17) is 4.74 Å². The van der Waals surface area contributed by atoms with Gasteiger partial charge in [-0.15, -0.1) is 0 Å². The monoisotopic (exact) mass is 406 g/mol. The summed E-state index contributed by atoms with van der Waals surface area (Å²) < 4.78 is 6.64. The zero-order chi connectivity index (χ0) is 17.6. The Kier molecular flexibility index (Phi) is 6.54. The van der Waals surface area contributed by atoms with Gasteiger partial charge in [-0.05, 0) is 70.0 Å². The highest BCUT2D eigenvalue weighted by Crippen LogP contribution is 2.25. The van der Waals surface area contributed by atoms with Gasteiger partial charge in [-0.3, -0.25) is 4.79 Å². The maximum absolute atomic E-state index is 12.7. The van der Waals surface area contributed by atoms with E-state index in [1.165, 1.54) is 25.9 Å². The lowest BCUT2D eigenvalue weighted by Gasteiger charge is -2.27. The van der Waals surface area contributed by atoms with Crippen LogP contribution < -0.4 is 4.74 Å². The maximum Gasteiger partial charge on any atom is 0.246 e. The summed E-state index contributed by atoms with van der Waals surface area (Å²) in [6.07, 6.45) is 8.40. The molecule has 2 aliphatic rings. The van der Waals surface area contributed by atoms with Crippen LogP contribution in [0.25, 0.3) is 6.08 Å². The Bertz CT molecular complexity index is 626. The number of carbonyl (C=O) groups is 1. The van der Waals surface area contributed by atoms with Crippen molar-refractivity contribution in [1.29, 1.82) is 0 Å². The fraction of sp³-hybridized carbons (Fsp3) is 0.550. The van der Waals surface area contributed by atoms with Gasteiger partial charge in [-0.2, -0.15) is 0 Å². The first kappa shape index (κ1) is 18.5. The fourth-order valence-corrected chi connectivity index (χ4v) is 4.15. The average Bonchev–Trinajstić information content (AvgIpc) is 3.27. The van der Waals surface area contributed by atoms with Crippen LogP contribution in [0.4, 0.5) is 0 Å². The number of rotatable bonds is 6. The summed E-state index contributed by atoms with van der Waals surface area (Å²) in [6.45, 7) is 6.85. The summed E-state index contributed by atoms with van der Waals surface area (Å²) in [5.74, 6) is 0.925. The molecule has 1 amide bonds. The van der Waals surface area contributed by atoms with Crippen LogP contribution in [0.2, 0.25) is 0 Å². The van der Waals surface area contributed by atoms with E-state index >= 15 is 0 Å². The number of likely N-dealkylation sites (tertiary alicyclic amines) is 2. The van der Waals surface area contributed by atoms with Crippen LogP contribution in [0.1, 0.15) is 38.2 Å². The molecule has 4 nitrogen and oxygen atoms in total. The minimum Gasteiger partial charge on any atom is -0.493 e. The first-order valence-corrected chi connectivity index (χ1v) is 10.1. The molecule has 0 radical (unpaired) electrons. The third-order valence-corrected chi connectivity index (χ3v) is 5.50. The van der Waals surface area contributed by atoms with Crippen LogP contribution in [0.15, 0.2) is 28.7 Å². The van der Waals surface area contributed by atoms with E-state index in [1.807, 2.05) is 36.1 Å². The largest absolute Gasteiger partial charge is 0.493 e. The minimum absolute atomic E-state index is 0.115. The molecule has 2 saturated heterocycles. The van der Waals surface area contributed by atoms with Crippen LogP contribution in [-0.4, -0.2) is 54.5 Å². The van der Waals surface area contributed by atoms with Gasteiger partial charge in [0.1, 0.15) is 5.75 Å². The Morgan fingerprint density at radius 1 is 1.28 bits per heavy atom. The second-order valence-corrected chi connectivity index (χ2v) is 7.70. The summed E-state index contributed by atoms with van der Waals surface area (Å²) in [4.78, 5) is 17.3. The standard InChI is InChI=1S/C20H27BrN2O2/c1-2-25-19-9-8-17(21)14-16(19)7-10-20(24)23-13-5-6-18(23)15-22-11-3-4-12-22/h7-10,14,18H,2-6,11-13,15H2,1H3. The van der Waals surface area contributed by atoms with Crippen molar-refractivity contribution in [2.45, 2.75) is 38.6 Å². The van der Waals surface area contributed by atoms with Crippen molar-refractivity contribution in [2.75, 3.05) is 32.8 Å². The summed E-state index contributed by atoms with van der Waals surface area (Å²) in [7, 11) is 0. The third kappa shape index (κ3) is 4.85. The Balaban J connectivity index is 1.66. The SMILES string of the molecule is CCOc1ccc(Br)cc1C=CC(=O)N1CCCC1CN1CCCC1. The van der Waals surface area contributed by atoms with Crippen molar-refractivity contribution in [3.05, 3.63) is 34.3 Å². The van der Waals surface area contributed by atoms with Crippen molar-refractivity contribution >= 4 is 27.9 Å². The van der Waals surface area contributed by atoms with E-state index in [1.54, 1.807) is 6.08 Å². The van der Waals surface area contributed by atoms with Gasteiger partial charge in [-0.25, -0.2) is 0 Å². The summed E-state index contributed by atoms with van der Waals surface area (Å²) in [5.41, 5.74) is 0.930. The second-order valence-electron chi connectivity index (χ2n) is 6.78. The normalized spacial score (nSPS) is 21.4. The van der Waals surface area contributed by atoms with Crippen molar-refractivity contribution in [2.24, 2.45) is 0 Å². The van der Waals surface area contributed by atoms with Gasteiger partial charge in [0.25, 0.3) is 0 Å². The van der Waals surface area contributed by atoms with Crippen LogP contribution in [0.5, 0.6) is 5.75 Å². The first-order valence-electron chi connectivity index (χ1n) is 9.30. The summed E-state index contributed by atoms with van der Waals surface area (Å²) >= 11 is 3.49. The van der Waals surface area contributed by atoms with Crippen molar-refractivity contribution in [3.8, 4) is 5.75 Å². The molecule has 1 aromatic carbocycles. The van der Waals surface area contributed by atoms with Crippen LogP contribution in [-0.2, 0) is 4.79 Å². The topological polar surface area (TPSA) is 32.8 Å². The number of amides is 1. The van der Waals surface area contributed by atoms with E-state index in [2.05, 4.69) is 20.8 Å². The molecule has 0 aliphatic carbocycles. The highest BCUT2D eigenvalue weighted by Gasteiger charge is 2.29. The molecular formula is C20H27BrN2O2. The molecule has 5 heteroatoms. The number of halogens is 1. The molecule has 1 aromatic rings. The molecule has 1 atom stereocenters. The van der Waals surface area contributed by atoms with E-state index in [9.17, 15) is 4.79 Å². The molecule has 0 aromatic heterocycles. The lowest BCUT2D eigenvalue weighted by atomic mass is 10.1. The zero-order valence-electron chi connectivity index (χ0n) is 14.9. The smallest absolute Gasteiger partial charge is 0.246 e. The van der Waals surface area contributed by atoms with Gasteiger partial charge >= 0.3 is 0 Å². The predicted octanol–water partition coefficient (Wildman–Crippen LogP) is 3.95. The van der Waals surface area contributed by atoms with Crippen LogP contribution >= 0.6 is 15.9 Å². The fourth-order valence-electron chi connectivity index (χ4n) is 3.77. The first-order chi connectivity index (χ1) is 12.2. The molecule has 3 rings (SSSR count). The maximum atomic E-state index is 12.7. The van der Waals surface area contributed by atoms with E-state index in [0.717, 1.165) is 41.7 Å². The van der Waals surface area contributed by atoms with Crippen molar-refractivity contribution in [3.63, 3.8) is 0 Å². The highest BCUT2D eigenvalue weighted by atomic mass is 79.9. The van der Waals surface area contributed by atoms with Crippen LogP contribution in [0, 0.1) is 0 Å². The lowest BCUT2D eigenvalue weighted by molar-refractivity contribution is -0.127. The molecule has 0 spiro atoms. The number of hydrogen-bond acceptors (Lipinski definition) is 3. The molecule has 0 N–H and O–H groups in total. The Labute approximate surface area is 159 Å². The zero-order valence-corrected chi connectivity index (χ0v) is 16.5. The van der Waals surface area contributed by atoms with E-state index in [0.29, 0.717) is 12.6 Å². The summed E-state index contributed by atoms with van der Waals surface area (Å²) in [6, 6.07) is 6.24. The molecule has 1 unspecified atom stereocenters. The quantitative estimate of drug-likeness (QED) is 0.670. The number of nitrogens with zero attached hydrogens (tertiary/aromatic N) is 2. The van der Waals surface area contributed by atoms with Gasteiger partial charge < -0.3 is 14.5 Å². The Morgan fingerprint density at radius 2 is 2.08 bits per heavy atom. The van der Waals surface area contributed by atoms with Crippen molar-refractivity contribution in [1.82, 2.24) is 9.80 Å². The minimum atomic E-state index is 0.115. The Hall–Kier alpha value is -1.33. The Morgan fingerprint density at radius 3 is 2.84 bits per heavy atom. The molecule has 136 valence electrons. The second kappa shape index (κ2) is 8.86. The molecule has 2 aliphatic heterocycles. The lowest BCUT2D eigenvalue weighted by Crippen LogP contribution is -2.41. The molecule has 2 heterocycles. The van der Waals surface area contributed by atoms with Gasteiger partial charge in [0.2, 0.25) is 5.91 Å². The van der Waals surface area contributed by atoms with E-state index in [-0.39, 0.29) is 5.91 Å². The number of benzene rings is 1. The number of ether oxygens (including phenoxy) is 1. The predicted molar refractivity (Wildman–Crippen MR) is 105 cm³/mol. The summed E-state index contributed by atoms with van der Waals surface area (Å²) in [5, 5.41) is 0. The van der Waals surface area contributed by atoms with Gasteiger partial charge in [0, 0.05) is 35.2 Å². The highest BCUT2D eigenvalue weighted by molar-refractivity contribution is 9.10. The average molecular weight is 407 g/mol. The van der Waals surface area contributed by atoms with Crippen LogP contribution in [0.3, 0.4) is 0 Å². The third-order valence-electron chi connectivity index (χ3n) is 5.00. The molecular weight excluding hydrogens is 380 g/mol. The van der Waals surface area contributed by atoms with Gasteiger partial charge in [0.15, 0.2) is 0 Å². The van der Waals surface area contributed by atoms with Gasteiger partial charge in [0.05, 0.1) is 6.61 Å². The molecule has 2 fully saturated rings. The molecule has 0 saturated carbocycles. The van der Waals surface area contributed by atoms with E-state index < -0.39 is 0 Å². The van der Waals surface area contributed by atoms with Gasteiger partial charge in [-0.1, -0.05) is 15.9 Å². The van der Waals surface area contributed by atoms with Crippen molar-refractivity contribution < 1.29 is 9.53 Å².